The molecule has 0 rings (SSSR count). The van der Waals surface area contributed by atoms with Gasteiger partial charge in [-0.15, -0.1) is 12.8 Å². The fourth-order valence-corrected chi connectivity index (χ4v) is 5.40. The summed E-state index contributed by atoms with van der Waals surface area (Å²) < 4.78 is 0. The molecule has 3 nitrogen and oxygen atoms in total. The molecule has 0 amide bonds. The first-order valence-corrected chi connectivity index (χ1v) is 19.7. The van der Waals surface area contributed by atoms with Gasteiger partial charge in [0, 0.05) is 6.42 Å². The van der Waals surface area contributed by atoms with E-state index in [2.05, 4.69) is 65.9 Å². The molecule has 0 fully saturated rings. The zero-order chi connectivity index (χ0) is 35.7. The van der Waals surface area contributed by atoms with Crippen LogP contribution < -0.4 is 0 Å². The van der Waals surface area contributed by atoms with Crippen molar-refractivity contribution in [3.63, 3.8) is 0 Å². The summed E-state index contributed by atoms with van der Waals surface area (Å²) >= 11 is 0. The van der Waals surface area contributed by atoms with Crippen LogP contribution in [0.5, 0.6) is 0 Å². The molecule has 0 aromatic heterocycles. The lowest BCUT2D eigenvalue weighted by atomic mass is 10.0. The molecule has 0 aliphatic heterocycles. The molecule has 0 spiro atoms. The van der Waals surface area contributed by atoms with E-state index >= 15 is 0 Å². The molecule has 272 valence electrons. The zero-order valence-corrected chi connectivity index (χ0v) is 30.9. The molecule has 3 N–H and O–H groups in total. The van der Waals surface area contributed by atoms with Gasteiger partial charge in [0.15, 0.2) is 6.10 Å². The predicted octanol–water partition coefficient (Wildman–Crippen LogP) is 11.1. The third kappa shape index (κ3) is 39.4. The number of rotatable bonds is 31. The molecular formula is C46H70O3. The van der Waals surface area contributed by atoms with Gasteiger partial charge in [-0.25, -0.2) is 0 Å². The first-order valence-electron chi connectivity index (χ1n) is 19.7. The summed E-state index contributed by atoms with van der Waals surface area (Å²) in [5, 5.41) is 28.5. The second-order valence-electron chi connectivity index (χ2n) is 13.1. The Morgan fingerprint density at radius 1 is 0.449 bits per heavy atom. The summed E-state index contributed by atoms with van der Waals surface area (Å²) in [6, 6.07) is 0. The van der Waals surface area contributed by atoms with Gasteiger partial charge in [-0.05, 0) is 95.6 Å². The number of allylic oxidation sites excluding steroid dienone is 7. The van der Waals surface area contributed by atoms with Crippen molar-refractivity contribution in [2.24, 2.45) is 0 Å². The third-order valence-electron chi connectivity index (χ3n) is 8.44. The highest BCUT2D eigenvalue weighted by molar-refractivity contribution is 5.24. The Morgan fingerprint density at radius 3 is 1.45 bits per heavy atom. The van der Waals surface area contributed by atoms with Crippen LogP contribution in [-0.2, 0) is 0 Å². The average molecular weight is 671 g/mol. The molecule has 0 radical (unpaired) electrons. The van der Waals surface area contributed by atoms with Crippen LogP contribution in [0.1, 0.15) is 173 Å². The number of terminal acetylenes is 2. The first kappa shape index (κ1) is 46.1. The van der Waals surface area contributed by atoms with Crippen LogP contribution in [0.15, 0.2) is 48.6 Å². The highest BCUT2D eigenvalue weighted by Crippen LogP contribution is 2.14. The maximum Gasteiger partial charge on any atom is 0.176 e. The lowest BCUT2D eigenvalue weighted by molar-refractivity contribution is 0.217. The molecule has 0 saturated carbocycles. The Bertz CT molecular complexity index is 1060. The number of hydrogen-bond donors (Lipinski definition) is 3. The Kier molecular flexibility index (Phi) is 37.2. The number of aliphatic hydroxyl groups is 3. The zero-order valence-electron chi connectivity index (χ0n) is 30.9. The molecule has 0 aliphatic carbocycles. The van der Waals surface area contributed by atoms with Crippen molar-refractivity contribution in [2.45, 2.75) is 192 Å². The van der Waals surface area contributed by atoms with Gasteiger partial charge in [-0.3, -0.25) is 0 Å². The fourth-order valence-electron chi connectivity index (χ4n) is 5.40. The summed E-state index contributed by atoms with van der Waals surface area (Å²) in [5.41, 5.74) is 0. The van der Waals surface area contributed by atoms with E-state index in [9.17, 15) is 15.3 Å². The van der Waals surface area contributed by atoms with Crippen molar-refractivity contribution in [1.82, 2.24) is 0 Å². The fraction of sp³-hybridized carbons (Fsp3) is 0.652. The van der Waals surface area contributed by atoms with Gasteiger partial charge in [-0.2, -0.15) is 0 Å². The highest BCUT2D eigenvalue weighted by Gasteiger charge is 1.98. The molecule has 0 saturated heterocycles. The topological polar surface area (TPSA) is 60.7 Å². The van der Waals surface area contributed by atoms with E-state index in [0.29, 0.717) is 0 Å². The van der Waals surface area contributed by atoms with Crippen LogP contribution >= 0.6 is 0 Å². The standard InChI is InChI=1S/C46H70O3/c1-3-44(47)40-36-32-28-24-22-20-18-16-14-12-10-8-6-5-7-9-11-13-15-17-19-21-23-25-30-34-38-42-46(49)43-39-35-31-27-26-29-33-37-41-45(48)4-2/h1-2,7,9,19,21,30,34,37,41,44-49H,5-6,8,10-18,20,22-29,31-33,35-36,40H2/b9-7-,21-19-,34-30+,41-37+/t44-,45-,46-/m1/s1. The van der Waals surface area contributed by atoms with Crippen LogP contribution in [0.2, 0.25) is 0 Å². The van der Waals surface area contributed by atoms with Gasteiger partial charge in [0.2, 0.25) is 0 Å². The van der Waals surface area contributed by atoms with Gasteiger partial charge in [0.05, 0.1) is 0 Å². The second kappa shape index (κ2) is 39.5. The number of hydrogen-bond acceptors (Lipinski definition) is 3. The highest BCUT2D eigenvalue weighted by atomic mass is 16.3. The Balaban J connectivity index is 3.46. The minimum Gasteiger partial charge on any atom is -0.380 e. The van der Waals surface area contributed by atoms with E-state index in [1.807, 2.05) is 12.2 Å². The molecule has 0 aliphatic rings. The molecule has 0 heterocycles. The van der Waals surface area contributed by atoms with E-state index < -0.39 is 18.3 Å². The summed E-state index contributed by atoms with van der Waals surface area (Å²) in [6.07, 6.45) is 56.9. The van der Waals surface area contributed by atoms with E-state index in [-0.39, 0.29) is 0 Å². The lowest BCUT2D eigenvalue weighted by Crippen LogP contribution is -2.01. The molecular weight excluding hydrogens is 601 g/mol. The minimum absolute atomic E-state index is 0.545. The van der Waals surface area contributed by atoms with E-state index in [0.717, 1.165) is 70.6 Å². The normalized spacial score (nSPS) is 13.2. The Morgan fingerprint density at radius 2 is 0.898 bits per heavy atom. The van der Waals surface area contributed by atoms with Crippen molar-refractivity contribution in [3.8, 4) is 48.4 Å². The minimum atomic E-state index is -0.886. The summed E-state index contributed by atoms with van der Waals surface area (Å²) in [4.78, 5) is 0. The van der Waals surface area contributed by atoms with Crippen molar-refractivity contribution in [3.05, 3.63) is 48.6 Å². The second-order valence-corrected chi connectivity index (χ2v) is 13.1. The smallest absolute Gasteiger partial charge is 0.176 e. The van der Waals surface area contributed by atoms with Crippen molar-refractivity contribution in [1.29, 1.82) is 0 Å². The molecule has 3 heteroatoms. The van der Waals surface area contributed by atoms with Crippen molar-refractivity contribution < 1.29 is 15.3 Å². The van der Waals surface area contributed by atoms with Crippen LogP contribution in [0, 0.1) is 48.4 Å². The van der Waals surface area contributed by atoms with Crippen molar-refractivity contribution >= 4 is 0 Å². The monoisotopic (exact) mass is 671 g/mol. The number of unbranched alkanes of at least 4 members (excludes halogenated alkanes) is 22. The average Bonchev–Trinajstić information content (AvgIpc) is 3.11. The quantitative estimate of drug-likeness (QED) is 0.0391. The Hall–Kier alpha value is -2.92. The summed E-state index contributed by atoms with van der Waals surface area (Å²) in [5.74, 6) is 16.1. The molecule has 0 unspecified atom stereocenters. The van der Waals surface area contributed by atoms with E-state index in [1.54, 1.807) is 6.08 Å². The molecule has 49 heavy (non-hydrogen) atoms. The largest absolute Gasteiger partial charge is 0.380 e. The Labute approximate surface area is 303 Å². The van der Waals surface area contributed by atoms with Crippen LogP contribution in [0.25, 0.3) is 0 Å². The molecule has 0 bridgehead atoms. The molecule has 0 aromatic carbocycles. The van der Waals surface area contributed by atoms with Crippen molar-refractivity contribution in [2.75, 3.05) is 0 Å². The molecule has 3 atom stereocenters. The van der Waals surface area contributed by atoms with Gasteiger partial charge in [-0.1, -0.05) is 155 Å². The van der Waals surface area contributed by atoms with Crippen LogP contribution in [0.4, 0.5) is 0 Å². The molecule has 0 aromatic rings. The van der Waals surface area contributed by atoms with Gasteiger partial charge < -0.3 is 15.3 Å². The lowest BCUT2D eigenvalue weighted by Gasteiger charge is -2.04. The van der Waals surface area contributed by atoms with Gasteiger partial charge in [0.25, 0.3) is 0 Å². The van der Waals surface area contributed by atoms with Crippen LogP contribution in [0.3, 0.4) is 0 Å². The van der Waals surface area contributed by atoms with Gasteiger partial charge in [0.1, 0.15) is 12.2 Å². The number of aliphatic hydroxyl groups excluding tert-OH is 3. The third-order valence-corrected chi connectivity index (χ3v) is 8.44. The maximum atomic E-state index is 9.88. The maximum absolute atomic E-state index is 9.88. The van der Waals surface area contributed by atoms with Crippen LogP contribution in [-0.4, -0.2) is 33.6 Å². The van der Waals surface area contributed by atoms with Gasteiger partial charge >= 0.3 is 0 Å². The SMILES string of the molecule is C#C[C@@H](O)/C=C/CCCCCCC#C[C@H](O)C#C/C=C/CC/C=C\CCCC/C=C\CCCCCCCCCCCCCCC[C@H](O)C#C. The summed E-state index contributed by atoms with van der Waals surface area (Å²) in [6.45, 7) is 0. The predicted molar refractivity (Wildman–Crippen MR) is 212 cm³/mol. The van der Waals surface area contributed by atoms with E-state index in [1.165, 1.54) is 103 Å². The van der Waals surface area contributed by atoms with E-state index in [4.69, 9.17) is 12.8 Å². The first-order chi connectivity index (χ1) is 24.1. The summed E-state index contributed by atoms with van der Waals surface area (Å²) in [7, 11) is 0.